The molecule has 0 aliphatic heterocycles. The molecule has 3 rings (SSSR count). The number of aryl methyl sites for hydroxylation is 2. The van der Waals surface area contributed by atoms with E-state index >= 15 is 0 Å². The summed E-state index contributed by atoms with van der Waals surface area (Å²) in [7, 11) is 0. The maximum absolute atomic E-state index is 11.9. The van der Waals surface area contributed by atoms with Crippen molar-refractivity contribution in [3.05, 3.63) is 44.6 Å². The van der Waals surface area contributed by atoms with Crippen LogP contribution in [0.4, 0.5) is 0 Å². The van der Waals surface area contributed by atoms with Gasteiger partial charge in [-0.15, -0.1) is 11.3 Å². The molecule has 0 N–H and O–H groups in total. The van der Waals surface area contributed by atoms with Crippen molar-refractivity contribution in [2.24, 2.45) is 0 Å². The molecule has 0 saturated heterocycles. The number of fused-ring (bicyclic) bond motifs is 1. The molecule has 7 nitrogen and oxygen atoms in total. The molecule has 9 heteroatoms. The highest BCUT2D eigenvalue weighted by molar-refractivity contribution is 7.18. The molecule has 0 spiro atoms. The summed E-state index contributed by atoms with van der Waals surface area (Å²) in [5.74, 6) is -0.168. The zero-order chi connectivity index (χ0) is 18.0. The molecule has 3 aromatic heterocycles. The van der Waals surface area contributed by atoms with Gasteiger partial charge in [0.2, 0.25) is 5.78 Å². The van der Waals surface area contributed by atoms with Gasteiger partial charge in [-0.3, -0.25) is 9.59 Å². The lowest BCUT2D eigenvalue weighted by atomic mass is 10.1. The first-order valence-corrected chi connectivity index (χ1v) is 8.75. The van der Waals surface area contributed by atoms with Crippen LogP contribution in [0.2, 0.25) is 4.34 Å². The van der Waals surface area contributed by atoms with E-state index in [0.717, 1.165) is 28.3 Å². The first-order valence-electron chi connectivity index (χ1n) is 7.55. The number of halogens is 1. The number of Topliss-reactive ketones (excluding diaryl/α,β-unsaturated/α-hetero) is 1. The number of thiophene rings is 1. The van der Waals surface area contributed by atoms with Crippen LogP contribution < -0.4 is 0 Å². The molecule has 0 bridgehead atoms. The van der Waals surface area contributed by atoms with Crippen LogP contribution in [0.25, 0.3) is 5.78 Å². The van der Waals surface area contributed by atoms with Crippen LogP contribution in [0, 0.1) is 13.8 Å². The SMILES string of the molecule is Cc1nc2ncnn2c(C)c1CCC(=O)OCC(=O)c1ccc(Cl)s1. The van der Waals surface area contributed by atoms with Crippen molar-refractivity contribution in [2.75, 3.05) is 6.61 Å². The number of nitrogens with zero attached hydrogens (tertiary/aromatic N) is 4. The minimum absolute atomic E-state index is 0.155. The number of esters is 1. The number of ketones is 1. The van der Waals surface area contributed by atoms with Crippen molar-refractivity contribution >= 4 is 40.5 Å². The predicted molar refractivity (Wildman–Crippen MR) is 93.2 cm³/mol. The van der Waals surface area contributed by atoms with Gasteiger partial charge in [0.05, 0.1) is 9.21 Å². The summed E-state index contributed by atoms with van der Waals surface area (Å²) in [6.07, 6.45) is 2.05. The molecule has 3 aromatic rings. The second-order valence-electron chi connectivity index (χ2n) is 5.42. The fraction of sp³-hybridized carbons (Fsp3) is 0.312. The van der Waals surface area contributed by atoms with Crippen LogP contribution in [-0.4, -0.2) is 37.9 Å². The fourth-order valence-corrected chi connectivity index (χ4v) is 3.47. The number of carbonyl (C=O) groups is 2. The Labute approximate surface area is 152 Å². The van der Waals surface area contributed by atoms with Gasteiger partial charge in [-0.05, 0) is 38.0 Å². The number of hydrogen-bond acceptors (Lipinski definition) is 7. The van der Waals surface area contributed by atoms with Gasteiger partial charge in [-0.2, -0.15) is 10.1 Å². The van der Waals surface area contributed by atoms with E-state index in [-0.39, 0.29) is 18.8 Å². The van der Waals surface area contributed by atoms with Crippen LogP contribution in [-0.2, 0) is 16.0 Å². The Balaban J connectivity index is 1.58. The van der Waals surface area contributed by atoms with Crippen molar-refractivity contribution in [2.45, 2.75) is 26.7 Å². The van der Waals surface area contributed by atoms with Crippen molar-refractivity contribution in [1.82, 2.24) is 19.6 Å². The molecule has 0 atom stereocenters. The molecule has 0 saturated carbocycles. The van der Waals surface area contributed by atoms with Crippen molar-refractivity contribution in [1.29, 1.82) is 0 Å². The summed E-state index contributed by atoms with van der Waals surface area (Å²) in [5.41, 5.74) is 2.61. The third-order valence-electron chi connectivity index (χ3n) is 3.78. The maximum Gasteiger partial charge on any atom is 0.306 e. The van der Waals surface area contributed by atoms with Crippen molar-refractivity contribution in [3.8, 4) is 0 Å². The average molecular weight is 379 g/mol. The summed E-state index contributed by atoms with van der Waals surface area (Å²) in [6, 6.07) is 3.26. The highest BCUT2D eigenvalue weighted by Crippen LogP contribution is 2.22. The molecular weight excluding hydrogens is 364 g/mol. The Morgan fingerprint density at radius 2 is 2.12 bits per heavy atom. The van der Waals surface area contributed by atoms with E-state index in [4.69, 9.17) is 16.3 Å². The summed E-state index contributed by atoms with van der Waals surface area (Å²) in [6.45, 7) is 3.49. The molecule has 0 aromatic carbocycles. The van der Waals surface area contributed by atoms with Gasteiger partial charge in [0, 0.05) is 17.8 Å². The number of rotatable bonds is 6. The molecule has 130 valence electrons. The number of ether oxygens (including phenoxy) is 1. The topological polar surface area (TPSA) is 86.4 Å². The lowest BCUT2D eigenvalue weighted by Gasteiger charge is -2.10. The summed E-state index contributed by atoms with van der Waals surface area (Å²) in [4.78, 5) is 32.7. The molecular formula is C16H15ClN4O3S. The zero-order valence-electron chi connectivity index (χ0n) is 13.7. The predicted octanol–water partition coefficient (Wildman–Crippen LogP) is 2.81. The standard InChI is InChI=1S/C16H15ClN4O3S/c1-9-11(10(2)21-16(20-9)18-8-19-21)3-6-15(23)24-7-12(22)13-4-5-14(17)25-13/h4-5,8H,3,6-7H2,1-2H3. The minimum atomic E-state index is -0.437. The van der Waals surface area contributed by atoms with Crippen LogP contribution in [0.3, 0.4) is 0 Å². The van der Waals surface area contributed by atoms with Gasteiger partial charge in [0.15, 0.2) is 6.61 Å². The molecule has 3 heterocycles. The van der Waals surface area contributed by atoms with Gasteiger partial charge >= 0.3 is 5.97 Å². The van der Waals surface area contributed by atoms with Gasteiger partial charge in [-0.1, -0.05) is 11.6 Å². The van der Waals surface area contributed by atoms with Gasteiger partial charge < -0.3 is 4.74 Å². The highest BCUT2D eigenvalue weighted by Gasteiger charge is 2.15. The number of aromatic nitrogens is 4. The lowest BCUT2D eigenvalue weighted by molar-refractivity contribution is -0.142. The molecule has 0 aliphatic rings. The molecule has 0 aliphatic carbocycles. The average Bonchev–Trinajstić information content (AvgIpc) is 3.21. The summed E-state index contributed by atoms with van der Waals surface area (Å²) >= 11 is 6.95. The Kier molecular flexibility index (Phi) is 5.10. The fourth-order valence-electron chi connectivity index (χ4n) is 2.50. The van der Waals surface area contributed by atoms with Crippen LogP contribution >= 0.6 is 22.9 Å². The third kappa shape index (κ3) is 3.85. The first kappa shape index (κ1) is 17.5. The Morgan fingerprint density at radius 1 is 1.32 bits per heavy atom. The zero-order valence-corrected chi connectivity index (χ0v) is 15.2. The van der Waals surface area contributed by atoms with E-state index in [2.05, 4.69) is 15.1 Å². The molecule has 0 fully saturated rings. The second-order valence-corrected chi connectivity index (χ2v) is 7.14. The van der Waals surface area contributed by atoms with E-state index in [0.29, 0.717) is 21.4 Å². The van der Waals surface area contributed by atoms with Crippen molar-refractivity contribution < 1.29 is 14.3 Å². The molecule has 0 radical (unpaired) electrons. The van der Waals surface area contributed by atoms with Crippen molar-refractivity contribution in [3.63, 3.8) is 0 Å². The maximum atomic E-state index is 11.9. The van der Waals surface area contributed by atoms with E-state index in [1.165, 1.54) is 6.33 Å². The smallest absolute Gasteiger partial charge is 0.306 e. The van der Waals surface area contributed by atoms with E-state index < -0.39 is 5.97 Å². The molecule has 0 unspecified atom stereocenters. The van der Waals surface area contributed by atoms with Gasteiger partial charge in [0.1, 0.15) is 6.33 Å². The molecule has 25 heavy (non-hydrogen) atoms. The Morgan fingerprint density at radius 3 is 2.84 bits per heavy atom. The quantitative estimate of drug-likeness (QED) is 0.484. The third-order valence-corrected chi connectivity index (χ3v) is 5.05. The number of hydrogen-bond donors (Lipinski definition) is 0. The van der Waals surface area contributed by atoms with E-state index in [9.17, 15) is 9.59 Å². The largest absolute Gasteiger partial charge is 0.457 e. The lowest BCUT2D eigenvalue weighted by Crippen LogP contribution is -2.14. The highest BCUT2D eigenvalue weighted by atomic mass is 35.5. The van der Waals surface area contributed by atoms with E-state index in [1.807, 2.05) is 13.8 Å². The van der Waals surface area contributed by atoms with Gasteiger partial charge in [-0.25, -0.2) is 9.50 Å². The summed E-state index contributed by atoms with van der Waals surface area (Å²) in [5, 5.41) is 4.11. The van der Waals surface area contributed by atoms with E-state index in [1.54, 1.807) is 16.6 Å². The van der Waals surface area contributed by atoms with Crippen LogP contribution in [0.5, 0.6) is 0 Å². The first-order chi connectivity index (χ1) is 12.0. The van der Waals surface area contributed by atoms with Crippen LogP contribution in [0.1, 0.15) is 33.0 Å². The monoisotopic (exact) mass is 378 g/mol. The normalized spacial score (nSPS) is 11.0. The van der Waals surface area contributed by atoms with Gasteiger partial charge in [0.25, 0.3) is 5.78 Å². The second kappa shape index (κ2) is 7.28. The number of carbonyl (C=O) groups excluding carboxylic acids is 2. The Hall–Kier alpha value is -2.32. The molecule has 0 amide bonds. The van der Waals surface area contributed by atoms with Crippen LogP contribution in [0.15, 0.2) is 18.5 Å². The minimum Gasteiger partial charge on any atom is -0.457 e. The summed E-state index contributed by atoms with van der Waals surface area (Å²) < 4.78 is 7.22. The Bertz CT molecular complexity index is 950.